The van der Waals surface area contributed by atoms with Crippen LogP contribution in [0.1, 0.15) is 5.76 Å². The fourth-order valence-electron chi connectivity index (χ4n) is 1.82. The lowest BCUT2D eigenvalue weighted by molar-refractivity contribution is 0.559. The van der Waals surface area contributed by atoms with Crippen LogP contribution in [0.3, 0.4) is 0 Å². The zero-order chi connectivity index (χ0) is 12.5. The number of halogens is 1. The number of benzene rings is 1. The molecule has 0 atom stereocenters. The molecule has 2 aromatic heterocycles. The zero-order valence-corrected chi connectivity index (χ0v) is 10.1. The van der Waals surface area contributed by atoms with E-state index in [1.807, 2.05) is 18.3 Å². The maximum atomic E-state index is 11.9. The van der Waals surface area contributed by atoms with Gasteiger partial charge in [-0.25, -0.2) is 4.68 Å². The van der Waals surface area contributed by atoms with E-state index in [1.54, 1.807) is 23.0 Å². The Labute approximate surface area is 107 Å². The second-order valence-electron chi connectivity index (χ2n) is 3.84. The number of fused-ring (bicyclic) bond motifs is 1. The van der Waals surface area contributed by atoms with Gasteiger partial charge in [0.15, 0.2) is 5.43 Å². The van der Waals surface area contributed by atoms with Crippen LogP contribution in [0.4, 0.5) is 0 Å². The third-order valence-electron chi connectivity index (χ3n) is 2.66. The van der Waals surface area contributed by atoms with E-state index in [2.05, 4.69) is 5.10 Å². The minimum atomic E-state index is -0.0964. The van der Waals surface area contributed by atoms with E-state index in [0.717, 1.165) is 5.69 Å². The number of aromatic nitrogens is 2. The van der Waals surface area contributed by atoms with Gasteiger partial charge in [-0.05, 0) is 24.3 Å². The fourth-order valence-corrected chi connectivity index (χ4v) is 1.96. The molecule has 0 aliphatic rings. The molecule has 0 fully saturated rings. The van der Waals surface area contributed by atoms with E-state index in [4.69, 9.17) is 16.0 Å². The molecular weight excluding hydrogens is 252 g/mol. The predicted molar refractivity (Wildman–Crippen MR) is 69.2 cm³/mol. The Bertz CT molecular complexity index is 747. The van der Waals surface area contributed by atoms with Crippen LogP contribution in [0.25, 0.3) is 16.7 Å². The van der Waals surface area contributed by atoms with Gasteiger partial charge in [0.1, 0.15) is 11.3 Å². The Kier molecular flexibility index (Phi) is 2.64. The highest BCUT2D eigenvalue weighted by atomic mass is 35.5. The number of alkyl halides is 1. The fraction of sp³-hybridized carbons (Fsp3) is 0.0769. The van der Waals surface area contributed by atoms with Gasteiger partial charge >= 0.3 is 0 Å². The average molecular weight is 261 g/mol. The molecule has 5 heteroatoms. The third-order valence-corrected chi connectivity index (χ3v) is 2.93. The first-order valence-electron chi connectivity index (χ1n) is 5.41. The summed E-state index contributed by atoms with van der Waals surface area (Å²) >= 11 is 5.67. The molecule has 1 aromatic carbocycles. The summed E-state index contributed by atoms with van der Waals surface area (Å²) in [5, 5.41) is 4.64. The number of rotatable bonds is 2. The topological polar surface area (TPSA) is 48.0 Å². The molecule has 0 radical (unpaired) electrons. The van der Waals surface area contributed by atoms with Gasteiger partial charge in [0.2, 0.25) is 0 Å². The Morgan fingerprint density at radius 3 is 2.94 bits per heavy atom. The first-order chi connectivity index (χ1) is 8.78. The van der Waals surface area contributed by atoms with Crippen LogP contribution in [-0.4, -0.2) is 9.78 Å². The van der Waals surface area contributed by atoms with Crippen molar-refractivity contribution in [3.05, 3.63) is 58.7 Å². The first kappa shape index (κ1) is 11.0. The maximum absolute atomic E-state index is 11.9. The minimum Gasteiger partial charge on any atom is -0.460 e. The zero-order valence-electron chi connectivity index (χ0n) is 9.34. The molecule has 3 aromatic rings. The maximum Gasteiger partial charge on any atom is 0.193 e. The number of hydrogen-bond donors (Lipinski definition) is 0. The smallest absolute Gasteiger partial charge is 0.193 e. The molecule has 0 spiro atoms. The van der Waals surface area contributed by atoms with Crippen molar-refractivity contribution in [1.82, 2.24) is 9.78 Å². The average Bonchev–Trinajstić information content (AvgIpc) is 2.92. The number of nitrogens with zero attached hydrogens (tertiary/aromatic N) is 2. The summed E-state index contributed by atoms with van der Waals surface area (Å²) in [4.78, 5) is 11.9. The van der Waals surface area contributed by atoms with E-state index < -0.39 is 0 Å². The molecule has 0 saturated heterocycles. The van der Waals surface area contributed by atoms with Gasteiger partial charge in [-0.3, -0.25) is 4.79 Å². The van der Waals surface area contributed by atoms with Crippen LogP contribution in [0.5, 0.6) is 0 Å². The SMILES string of the molecule is O=c1cc(CCl)oc2ccc(-n3cccn3)cc12. The van der Waals surface area contributed by atoms with Crippen molar-refractivity contribution in [2.24, 2.45) is 0 Å². The molecule has 2 heterocycles. The largest absolute Gasteiger partial charge is 0.460 e. The van der Waals surface area contributed by atoms with Crippen molar-refractivity contribution in [2.75, 3.05) is 0 Å². The lowest BCUT2D eigenvalue weighted by atomic mass is 10.2. The molecule has 0 bridgehead atoms. The van der Waals surface area contributed by atoms with Gasteiger partial charge in [-0.1, -0.05) is 0 Å². The molecule has 3 rings (SSSR count). The molecule has 0 aliphatic heterocycles. The highest BCUT2D eigenvalue weighted by Gasteiger charge is 2.06. The first-order valence-corrected chi connectivity index (χ1v) is 5.94. The van der Waals surface area contributed by atoms with Crippen molar-refractivity contribution in [2.45, 2.75) is 5.88 Å². The molecule has 0 amide bonds. The monoisotopic (exact) mass is 260 g/mol. The van der Waals surface area contributed by atoms with Crippen LogP contribution in [0.2, 0.25) is 0 Å². The Hall–Kier alpha value is -2.07. The normalized spacial score (nSPS) is 10.9. The molecule has 4 nitrogen and oxygen atoms in total. The Morgan fingerprint density at radius 2 is 2.22 bits per heavy atom. The molecule has 0 saturated carbocycles. The summed E-state index contributed by atoms with van der Waals surface area (Å²) in [6, 6.07) is 8.59. The number of hydrogen-bond acceptors (Lipinski definition) is 3. The second kappa shape index (κ2) is 4.31. The molecule has 18 heavy (non-hydrogen) atoms. The Morgan fingerprint density at radius 1 is 1.33 bits per heavy atom. The van der Waals surface area contributed by atoms with Crippen LogP contribution < -0.4 is 5.43 Å². The molecule has 90 valence electrons. The predicted octanol–water partition coefficient (Wildman–Crippen LogP) is 2.72. The van der Waals surface area contributed by atoms with Gasteiger partial charge in [0.25, 0.3) is 0 Å². The summed E-state index contributed by atoms with van der Waals surface area (Å²) in [5.41, 5.74) is 1.26. The summed E-state index contributed by atoms with van der Waals surface area (Å²) in [5.74, 6) is 0.660. The van der Waals surface area contributed by atoms with Gasteiger partial charge in [-0.15, -0.1) is 11.6 Å². The van der Waals surface area contributed by atoms with Gasteiger partial charge < -0.3 is 4.42 Å². The van der Waals surface area contributed by atoms with Crippen molar-refractivity contribution >= 4 is 22.6 Å². The molecule has 0 unspecified atom stereocenters. The molecule has 0 N–H and O–H groups in total. The van der Waals surface area contributed by atoms with Crippen LogP contribution >= 0.6 is 11.6 Å². The van der Waals surface area contributed by atoms with Crippen LogP contribution in [0, 0.1) is 0 Å². The van der Waals surface area contributed by atoms with Gasteiger partial charge in [-0.2, -0.15) is 5.10 Å². The summed E-state index contributed by atoms with van der Waals surface area (Å²) in [6.07, 6.45) is 3.50. The summed E-state index contributed by atoms with van der Waals surface area (Å²) in [7, 11) is 0. The minimum absolute atomic E-state index is 0.0964. The summed E-state index contributed by atoms with van der Waals surface area (Å²) < 4.78 is 7.19. The summed E-state index contributed by atoms with van der Waals surface area (Å²) in [6.45, 7) is 0. The van der Waals surface area contributed by atoms with E-state index in [0.29, 0.717) is 16.7 Å². The second-order valence-corrected chi connectivity index (χ2v) is 4.11. The Balaban J connectivity index is 2.24. The standard InChI is InChI=1S/C13H9ClN2O2/c14-8-10-7-12(17)11-6-9(2-3-13(11)18-10)16-5-1-4-15-16/h1-7H,8H2. The van der Waals surface area contributed by atoms with Crippen molar-refractivity contribution < 1.29 is 4.42 Å². The molecule has 0 aliphatic carbocycles. The highest BCUT2D eigenvalue weighted by Crippen LogP contribution is 2.17. The van der Waals surface area contributed by atoms with E-state index >= 15 is 0 Å². The van der Waals surface area contributed by atoms with Gasteiger partial charge in [0.05, 0.1) is 17.0 Å². The third kappa shape index (κ3) is 1.80. The lowest BCUT2D eigenvalue weighted by Crippen LogP contribution is -2.03. The lowest BCUT2D eigenvalue weighted by Gasteiger charge is -2.04. The van der Waals surface area contributed by atoms with Crippen molar-refractivity contribution in [3.63, 3.8) is 0 Å². The van der Waals surface area contributed by atoms with Crippen LogP contribution in [-0.2, 0) is 5.88 Å². The van der Waals surface area contributed by atoms with Gasteiger partial charge in [0, 0.05) is 18.5 Å². The van der Waals surface area contributed by atoms with Crippen molar-refractivity contribution in [3.8, 4) is 5.69 Å². The van der Waals surface area contributed by atoms with E-state index in [-0.39, 0.29) is 11.3 Å². The van der Waals surface area contributed by atoms with E-state index in [1.165, 1.54) is 6.07 Å². The van der Waals surface area contributed by atoms with Crippen molar-refractivity contribution in [1.29, 1.82) is 0 Å². The highest BCUT2D eigenvalue weighted by molar-refractivity contribution is 6.16. The quantitative estimate of drug-likeness (QED) is 0.666. The molecular formula is C13H9ClN2O2. The van der Waals surface area contributed by atoms with Crippen LogP contribution in [0.15, 0.2) is 51.9 Å². The van der Waals surface area contributed by atoms with E-state index in [9.17, 15) is 4.79 Å².